The van der Waals surface area contributed by atoms with Crippen LogP contribution in [-0.4, -0.2) is 11.9 Å². The van der Waals surface area contributed by atoms with Gasteiger partial charge in [0.05, 0.1) is 5.88 Å². The molecule has 0 aromatic heterocycles. The molecule has 0 unspecified atom stereocenters. The van der Waals surface area contributed by atoms with Crippen LogP contribution in [0.1, 0.15) is 22.8 Å². The molecule has 2 aromatic rings. The highest BCUT2D eigenvalue weighted by Crippen LogP contribution is 2.24. The third kappa shape index (κ3) is 3.83. The normalized spacial score (nSPS) is 10.0. The Hall–Kier alpha value is -2.33. The Morgan fingerprint density at radius 1 is 0.952 bits per heavy atom. The highest BCUT2D eigenvalue weighted by atomic mass is 35.5. The largest absolute Gasteiger partial charge is 0.426 e. The van der Waals surface area contributed by atoms with Crippen LogP contribution < -0.4 is 9.47 Å². The fourth-order valence-electron chi connectivity index (χ4n) is 1.75. The lowest BCUT2D eigenvalue weighted by molar-refractivity contribution is -0.131. The van der Waals surface area contributed by atoms with Gasteiger partial charge < -0.3 is 9.47 Å². The maximum Gasteiger partial charge on any atom is 0.347 e. The lowest BCUT2D eigenvalue weighted by Gasteiger charge is -2.10. The lowest BCUT2D eigenvalue weighted by atomic mass is 10.2. The average Bonchev–Trinajstić information content (AvgIpc) is 2.47. The second-order valence-electron chi connectivity index (χ2n) is 4.22. The Morgan fingerprint density at radius 2 is 1.57 bits per heavy atom. The first-order valence-corrected chi connectivity index (χ1v) is 6.78. The van der Waals surface area contributed by atoms with Crippen LogP contribution in [0.3, 0.4) is 0 Å². The molecule has 5 heteroatoms. The summed E-state index contributed by atoms with van der Waals surface area (Å²) in [5.74, 6) is -0.330. The van der Waals surface area contributed by atoms with Crippen molar-refractivity contribution in [1.29, 1.82) is 0 Å². The summed E-state index contributed by atoms with van der Waals surface area (Å²) in [6, 6.07) is 13.4. The number of benzene rings is 2. The van der Waals surface area contributed by atoms with E-state index in [1.807, 2.05) is 6.07 Å². The molecular weight excluding hydrogens is 292 g/mol. The van der Waals surface area contributed by atoms with Crippen LogP contribution >= 0.6 is 11.6 Å². The summed E-state index contributed by atoms with van der Waals surface area (Å²) < 4.78 is 10.3. The van der Waals surface area contributed by atoms with E-state index in [9.17, 15) is 9.59 Å². The summed E-state index contributed by atoms with van der Waals surface area (Å²) in [6.07, 6.45) is 0. The first-order chi connectivity index (χ1) is 10.1. The van der Waals surface area contributed by atoms with Gasteiger partial charge in [-0.1, -0.05) is 30.3 Å². The summed E-state index contributed by atoms with van der Waals surface area (Å²) in [4.78, 5) is 23.3. The van der Waals surface area contributed by atoms with Gasteiger partial charge in [-0.2, -0.15) is 0 Å². The first kappa shape index (κ1) is 15.1. The number of alkyl halides is 1. The molecule has 2 rings (SSSR count). The van der Waals surface area contributed by atoms with E-state index < -0.39 is 11.9 Å². The van der Waals surface area contributed by atoms with Gasteiger partial charge >= 0.3 is 11.9 Å². The molecule has 0 aliphatic rings. The molecule has 4 nitrogen and oxygen atoms in total. The number of hydrogen-bond acceptors (Lipinski definition) is 4. The maximum atomic E-state index is 12.2. The van der Waals surface area contributed by atoms with Crippen LogP contribution in [0.15, 0.2) is 48.5 Å². The molecule has 0 atom stereocenters. The Bertz CT molecular complexity index is 667. The van der Waals surface area contributed by atoms with Crippen molar-refractivity contribution in [2.75, 3.05) is 0 Å². The molecule has 108 valence electrons. The van der Waals surface area contributed by atoms with E-state index in [0.29, 0.717) is 11.3 Å². The Kier molecular flexibility index (Phi) is 4.95. The van der Waals surface area contributed by atoms with Crippen molar-refractivity contribution in [3.8, 4) is 11.5 Å². The molecule has 0 radical (unpaired) electrons. The van der Waals surface area contributed by atoms with Crippen LogP contribution in [0.25, 0.3) is 0 Å². The second kappa shape index (κ2) is 6.90. The Labute approximate surface area is 127 Å². The van der Waals surface area contributed by atoms with Gasteiger partial charge in [0.15, 0.2) is 0 Å². The highest BCUT2D eigenvalue weighted by Gasteiger charge is 2.16. The van der Waals surface area contributed by atoms with Crippen LogP contribution in [0, 0.1) is 0 Å². The third-order valence-corrected chi connectivity index (χ3v) is 2.97. The molecule has 0 amide bonds. The standard InChI is InChI=1S/C16H13ClO4/c1-11(18)20-15-9-5-3-7-13(15)16(19)21-14-8-4-2-6-12(14)10-17/h2-9H,10H2,1H3. The van der Waals surface area contributed by atoms with Gasteiger partial charge in [0.1, 0.15) is 17.1 Å². The number of rotatable bonds is 4. The van der Waals surface area contributed by atoms with Crippen molar-refractivity contribution >= 4 is 23.5 Å². The topological polar surface area (TPSA) is 52.6 Å². The summed E-state index contributed by atoms with van der Waals surface area (Å²) in [5.41, 5.74) is 0.884. The van der Waals surface area contributed by atoms with Crippen molar-refractivity contribution in [3.63, 3.8) is 0 Å². The summed E-state index contributed by atoms with van der Waals surface area (Å²) in [5, 5.41) is 0. The Morgan fingerprint density at radius 3 is 2.24 bits per heavy atom. The van der Waals surface area contributed by atoms with E-state index in [-0.39, 0.29) is 17.2 Å². The number of esters is 2. The van der Waals surface area contributed by atoms with Crippen molar-refractivity contribution in [2.45, 2.75) is 12.8 Å². The predicted molar refractivity (Wildman–Crippen MR) is 78.7 cm³/mol. The van der Waals surface area contributed by atoms with Gasteiger partial charge in [-0.3, -0.25) is 4.79 Å². The molecule has 0 fully saturated rings. The molecule has 0 heterocycles. The van der Waals surface area contributed by atoms with E-state index in [1.165, 1.54) is 19.1 Å². The summed E-state index contributed by atoms with van der Waals surface area (Å²) in [6.45, 7) is 1.27. The monoisotopic (exact) mass is 304 g/mol. The number of para-hydroxylation sites is 2. The minimum absolute atomic E-state index is 0.165. The average molecular weight is 305 g/mol. The van der Waals surface area contributed by atoms with E-state index in [1.54, 1.807) is 30.3 Å². The van der Waals surface area contributed by atoms with Gasteiger partial charge in [0, 0.05) is 12.5 Å². The number of hydrogen-bond donors (Lipinski definition) is 0. The van der Waals surface area contributed by atoms with E-state index in [4.69, 9.17) is 21.1 Å². The minimum Gasteiger partial charge on any atom is -0.426 e. The summed E-state index contributed by atoms with van der Waals surface area (Å²) in [7, 11) is 0. The molecule has 0 saturated heterocycles. The van der Waals surface area contributed by atoms with Gasteiger partial charge in [0.25, 0.3) is 0 Å². The molecular formula is C16H13ClO4. The fraction of sp³-hybridized carbons (Fsp3) is 0.125. The molecule has 0 N–H and O–H groups in total. The molecule has 21 heavy (non-hydrogen) atoms. The van der Waals surface area contributed by atoms with Crippen LogP contribution in [0.5, 0.6) is 11.5 Å². The zero-order chi connectivity index (χ0) is 15.2. The lowest BCUT2D eigenvalue weighted by Crippen LogP contribution is -2.13. The molecule has 0 bridgehead atoms. The highest BCUT2D eigenvalue weighted by molar-refractivity contribution is 6.17. The first-order valence-electron chi connectivity index (χ1n) is 6.25. The third-order valence-electron chi connectivity index (χ3n) is 2.68. The zero-order valence-corrected chi connectivity index (χ0v) is 12.1. The molecule has 2 aromatic carbocycles. The van der Waals surface area contributed by atoms with Crippen molar-refractivity contribution in [3.05, 3.63) is 59.7 Å². The van der Waals surface area contributed by atoms with E-state index >= 15 is 0 Å². The fourth-order valence-corrected chi connectivity index (χ4v) is 1.97. The van der Waals surface area contributed by atoms with E-state index in [2.05, 4.69) is 0 Å². The van der Waals surface area contributed by atoms with Crippen molar-refractivity contribution in [2.24, 2.45) is 0 Å². The van der Waals surface area contributed by atoms with Gasteiger partial charge in [-0.05, 0) is 18.2 Å². The molecule has 0 saturated carbocycles. The number of carbonyl (C=O) groups is 2. The second-order valence-corrected chi connectivity index (χ2v) is 4.49. The zero-order valence-electron chi connectivity index (χ0n) is 11.3. The summed E-state index contributed by atoms with van der Waals surface area (Å²) >= 11 is 5.80. The minimum atomic E-state index is -0.607. The number of carbonyl (C=O) groups excluding carboxylic acids is 2. The smallest absolute Gasteiger partial charge is 0.347 e. The quantitative estimate of drug-likeness (QED) is 0.492. The van der Waals surface area contributed by atoms with Crippen molar-refractivity contribution in [1.82, 2.24) is 0 Å². The van der Waals surface area contributed by atoms with Gasteiger partial charge in [0.2, 0.25) is 0 Å². The van der Waals surface area contributed by atoms with Crippen LogP contribution in [0.4, 0.5) is 0 Å². The van der Waals surface area contributed by atoms with Gasteiger partial charge in [-0.25, -0.2) is 4.79 Å². The van der Waals surface area contributed by atoms with Crippen LogP contribution in [0.2, 0.25) is 0 Å². The van der Waals surface area contributed by atoms with Crippen molar-refractivity contribution < 1.29 is 19.1 Å². The maximum absolute atomic E-state index is 12.2. The van der Waals surface area contributed by atoms with E-state index in [0.717, 1.165) is 0 Å². The molecule has 0 aliphatic heterocycles. The number of halogens is 1. The Balaban J connectivity index is 2.26. The molecule has 0 spiro atoms. The van der Waals surface area contributed by atoms with Gasteiger partial charge in [-0.15, -0.1) is 11.6 Å². The predicted octanol–water partition coefficient (Wildman–Crippen LogP) is 3.57. The van der Waals surface area contributed by atoms with Crippen LogP contribution in [-0.2, 0) is 10.7 Å². The molecule has 0 aliphatic carbocycles. The number of ether oxygens (including phenoxy) is 2. The SMILES string of the molecule is CC(=O)Oc1ccccc1C(=O)Oc1ccccc1CCl.